The highest BCUT2D eigenvalue weighted by Gasteiger charge is 2.28. The van der Waals surface area contributed by atoms with Crippen molar-refractivity contribution >= 4 is 12.0 Å². The molecule has 0 radical (unpaired) electrons. The van der Waals surface area contributed by atoms with Gasteiger partial charge in [-0.05, 0) is 37.5 Å². The van der Waals surface area contributed by atoms with Gasteiger partial charge in [0, 0.05) is 25.6 Å². The van der Waals surface area contributed by atoms with Crippen molar-refractivity contribution in [1.82, 2.24) is 10.2 Å². The Morgan fingerprint density at radius 3 is 2.43 bits per heavy atom. The molecule has 122 valence electrons. The third-order valence-electron chi connectivity index (χ3n) is 3.93. The Morgan fingerprint density at radius 1 is 1.33 bits per heavy atom. The zero-order chi connectivity index (χ0) is 15.8. The molecule has 0 aliphatic heterocycles. The number of hydrogen-bond acceptors (Lipinski definition) is 3. The number of carbonyl (C=O) groups is 2. The first-order valence-corrected chi connectivity index (χ1v) is 7.81. The van der Waals surface area contributed by atoms with E-state index in [0.29, 0.717) is 19.0 Å². The van der Waals surface area contributed by atoms with Gasteiger partial charge in [-0.2, -0.15) is 0 Å². The Labute approximate surface area is 126 Å². The monoisotopic (exact) mass is 300 g/mol. The second-order valence-corrected chi connectivity index (χ2v) is 6.28. The summed E-state index contributed by atoms with van der Waals surface area (Å²) in [6.07, 6.45) is 3.93. The van der Waals surface area contributed by atoms with E-state index in [1.165, 1.54) is 0 Å². The number of aliphatic carboxylic acids is 1. The Balaban J connectivity index is 2.47. The van der Waals surface area contributed by atoms with E-state index < -0.39 is 5.97 Å². The number of nitrogens with one attached hydrogen (secondary N) is 1. The number of hydrogen-bond donors (Lipinski definition) is 3. The van der Waals surface area contributed by atoms with Crippen LogP contribution < -0.4 is 5.32 Å². The Morgan fingerprint density at radius 2 is 2.00 bits per heavy atom. The lowest BCUT2D eigenvalue weighted by Crippen LogP contribution is -2.51. The first-order chi connectivity index (χ1) is 9.93. The maximum absolute atomic E-state index is 12.2. The van der Waals surface area contributed by atoms with E-state index >= 15 is 0 Å². The molecule has 6 heteroatoms. The van der Waals surface area contributed by atoms with Crippen LogP contribution >= 0.6 is 0 Å². The van der Waals surface area contributed by atoms with E-state index in [4.69, 9.17) is 10.2 Å². The zero-order valence-electron chi connectivity index (χ0n) is 13.0. The average Bonchev–Trinajstić information content (AvgIpc) is 2.31. The summed E-state index contributed by atoms with van der Waals surface area (Å²) in [6.45, 7) is 4.75. The first-order valence-electron chi connectivity index (χ1n) is 7.81. The van der Waals surface area contributed by atoms with E-state index in [0.717, 1.165) is 25.7 Å². The van der Waals surface area contributed by atoms with Crippen molar-refractivity contribution < 1.29 is 19.8 Å². The van der Waals surface area contributed by atoms with Gasteiger partial charge >= 0.3 is 12.0 Å². The summed E-state index contributed by atoms with van der Waals surface area (Å²) in [6, 6.07) is 0.0352. The van der Waals surface area contributed by atoms with Crippen LogP contribution in [0.25, 0.3) is 0 Å². The van der Waals surface area contributed by atoms with Gasteiger partial charge in [-0.25, -0.2) is 4.79 Å². The van der Waals surface area contributed by atoms with Crippen molar-refractivity contribution in [3.8, 4) is 0 Å². The van der Waals surface area contributed by atoms with Crippen LogP contribution in [-0.2, 0) is 4.79 Å². The second-order valence-electron chi connectivity index (χ2n) is 6.28. The lowest BCUT2D eigenvalue weighted by Gasteiger charge is -2.37. The standard InChI is InChI=1S/C15H28N2O4/c1-11(2)8-12(9-14(19)20)10-16-15(21)17(6-7-18)13-4-3-5-13/h11-13,18H,3-10H2,1-2H3,(H,16,21)(H,19,20)/t12-/m0/s1. The van der Waals surface area contributed by atoms with Crippen molar-refractivity contribution in [1.29, 1.82) is 0 Å². The van der Waals surface area contributed by atoms with Gasteiger partial charge in [-0.1, -0.05) is 13.8 Å². The van der Waals surface area contributed by atoms with E-state index in [1.807, 2.05) is 13.8 Å². The SMILES string of the molecule is CC(C)C[C@H](CNC(=O)N(CCO)C1CCC1)CC(=O)O. The number of urea groups is 1. The molecular weight excluding hydrogens is 272 g/mol. The fourth-order valence-electron chi connectivity index (χ4n) is 2.74. The van der Waals surface area contributed by atoms with E-state index in [1.54, 1.807) is 4.90 Å². The van der Waals surface area contributed by atoms with Crippen LogP contribution in [0.5, 0.6) is 0 Å². The largest absolute Gasteiger partial charge is 0.481 e. The van der Waals surface area contributed by atoms with E-state index in [2.05, 4.69) is 5.32 Å². The summed E-state index contributed by atoms with van der Waals surface area (Å²) in [5.74, 6) is -0.489. The molecule has 2 amide bonds. The molecule has 1 aliphatic rings. The summed E-state index contributed by atoms with van der Waals surface area (Å²) in [5, 5.41) is 20.8. The quantitative estimate of drug-likeness (QED) is 0.604. The molecule has 0 heterocycles. The smallest absolute Gasteiger partial charge is 0.317 e. The normalized spacial score (nSPS) is 16.4. The fourth-order valence-corrected chi connectivity index (χ4v) is 2.74. The highest BCUT2D eigenvalue weighted by atomic mass is 16.4. The molecule has 3 N–H and O–H groups in total. The first kappa shape index (κ1) is 17.8. The Bertz CT molecular complexity index is 343. The molecule has 1 atom stereocenters. The Kier molecular flexibility index (Phi) is 7.50. The lowest BCUT2D eigenvalue weighted by molar-refractivity contribution is -0.138. The maximum atomic E-state index is 12.2. The fraction of sp³-hybridized carbons (Fsp3) is 0.867. The van der Waals surface area contributed by atoms with Crippen molar-refractivity contribution in [3.05, 3.63) is 0 Å². The summed E-state index contributed by atoms with van der Waals surface area (Å²) < 4.78 is 0. The number of rotatable bonds is 9. The van der Waals surface area contributed by atoms with Crippen molar-refractivity contribution in [2.24, 2.45) is 11.8 Å². The van der Waals surface area contributed by atoms with Gasteiger partial charge in [-0.15, -0.1) is 0 Å². The van der Waals surface area contributed by atoms with Crippen LogP contribution in [0.4, 0.5) is 4.79 Å². The van der Waals surface area contributed by atoms with Gasteiger partial charge in [-0.3, -0.25) is 4.79 Å². The zero-order valence-corrected chi connectivity index (χ0v) is 13.0. The molecule has 1 saturated carbocycles. The van der Waals surface area contributed by atoms with Gasteiger partial charge in [0.05, 0.1) is 6.61 Å². The topological polar surface area (TPSA) is 89.9 Å². The molecule has 6 nitrogen and oxygen atoms in total. The summed E-state index contributed by atoms with van der Waals surface area (Å²) in [5.41, 5.74) is 0. The summed E-state index contributed by atoms with van der Waals surface area (Å²) >= 11 is 0. The maximum Gasteiger partial charge on any atom is 0.317 e. The third kappa shape index (κ3) is 6.33. The van der Waals surface area contributed by atoms with Crippen LogP contribution in [0, 0.1) is 11.8 Å². The molecule has 0 unspecified atom stereocenters. The molecule has 0 bridgehead atoms. The van der Waals surface area contributed by atoms with Crippen LogP contribution in [0.1, 0.15) is 46.0 Å². The second kappa shape index (κ2) is 8.87. The number of carboxylic acids is 1. The summed E-state index contributed by atoms with van der Waals surface area (Å²) in [7, 11) is 0. The minimum atomic E-state index is -0.832. The van der Waals surface area contributed by atoms with Gasteiger partial charge in [0.25, 0.3) is 0 Å². The average molecular weight is 300 g/mol. The Hall–Kier alpha value is -1.30. The molecule has 0 aromatic heterocycles. The van der Waals surface area contributed by atoms with Crippen molar-refractivity contribution in [2.45, 2.75) is 52.0 Å². The molecule has 1 fully saturated rings. The molecule has 1 rings (SSSR count). The summed E-state index contributed by atoms with van der Waals surface area (Å²) in [4.78, 5) is 24.8. The van der Waals surface area contributed by atoms with Crippen molar-refractivity contribution in [3.63, 3.8) is 0 Å². The van der Waals surface area contributed by atoms with E-state index in [9.17, 15) is 9.59 Å². The van der Waals surface area contributed by atoms with Crippen LogP contribution in [0.2, 0.25) is 0 Å². The molecule has 21 heavy (non-hydrogen) atoms. The molecule has 0 saturated heterocycles. The van der Waals surface area contributed by atoms with Crippen molar-refractivity contribution in [2.75, 3.05) is 19.7 Å². The molecule has 0 aromatic carbocycles. The number of nitrogens with zero attached hydrogens (tertiary/aromatic N) is 1. The molecule has 0 aromatic rings. The minimum absolute atomic E-state index is 0.0472. The number of amides is 2. The molecule has 0 spiro atoms. The van der Waals surface area contributed by atoms with E-state index in [-0.39, 0.29) is 31.0 Å². The predicted molar refractivity (Wildman–Crippen MR) is 80.0 cm³/mol. The lowest BCUT2D eigenvalue weighted by atomic mass is 9.91. The van der Waals surface area contributed by atoms with Gasteiger partial charge in [0.15, 0.2) is 0 Å². The number of aliphatic hydroxyl groups is 1. The van der Waals surface area contributed by atoms with Crippen LogP contribution in [0.15, 0.2) is 0 Å². The molecular formula is C15H28N2O4. The number of carbonyl (C=O) groups excluding carboxylic acids is 1. The highest BCUT2D eigenvalue weighted by Crippen LogP contribution is 2.24. The highest BCUT2D eigenvalue weighted by molar-refractivity contribution is 5.74. The number of carboxylic acid groups (broad SMARTS) is 1. The third-order valence-corrected chi connectivity index (χ3v) is 3.93. The van der Waals surface area contributed by atoms with Gasteiger partial charge in [0.2, 0.25) is 0 Å². The molecule has 1 aliphatic carbocycles. The predicted octanol–water partition coefficient (Wildman–Crippen LogP) is 1.68. The minimum Gasteiger partial charge on any atom is -0.481 e. The van der Waals surface area contributed by atoms with Gasteiger partial charge in [0.1, 0.15) is 0 Å². The van der Waals surface area contributed by atoms with Gasteiger partial charge < -0.3 is 20.4 Å². The van der Waals surface area contributed by atoms with Crippen LogP contribution in [-0.4, -0.2) is 52.9 Å². The number of aliphatic hydroxyl groups excluding tert-OH is 1. The van der Waals surface area contributed by atoms with Crippen LogP contribution in [0.3, 0.4) is 0 Å².